The minimum Gasteiger partial charge on any atom is -0.477 e. The molecule has 2 N–H and O–H groups in total. The van der Waals surface area contributed by atoms with Crippen molar-refractivity contribution in [2.45, 2.75) is 46.5 Å². The van der Waals surface area contributed by atoms with Crippen molar-refractivity contribution >= 4 is 11.7 Å². The van der Waals surface area contributed by atoms with Gasteiger partial charge in [0.25, 0.3) is 0 Å². The van der Waals surface area contributed by atoms with Gasteiger partial charge in [0.2, 0.25) is 0 Å². The maximum atomic E-state index is 10.7. The lowest BCUT2D eigenvalue weighted by Gasteiger charge is -2.25. The summed E-state index contributed by atoms with van der Waals surface area (Å²) >= 11 is 0. The Labute approximate surface area is 115 Å². The van der Waals surface area contributed by atoms with Crippen LogP contribution >= 0.6 is 0 Å². The topological polar surface area (TPSA) is 62.2 Å². The zero-order valence-corrected chi connectivity index (χ0v) is 12.1. The molecular weight excluding hydrogens is 240 g/mol. The van der Waals surface area contributed by atoms with Gasteiger partial charge in [-0.05, 0) is 24.0 Å². The van der Waals surface area contributed by atoms with E-state index in [0.717, 1.165) is 12.2 Å². The van der Waals surface area contributed by atoms with Crippen LogP contribution in [0, 0.1) is 5.41 Å². The van der Waals surface area contributed by atoms with Crippen LogP contribution in [0.4, 0.5) is 5.69 Å². The molecule has 4 heteroatoms. The number of unbranched alkanes of at least 4 members (excludes halogenated alkanes) is 2. The molecule has 106 valence electrons. The van der Waals surface area contributed by atoms with Crippen LogP contribution in [0.2, 0.25) is 0 Å². The Morgan fingerprint density at radius 3 is 2.63 bits per heavy atom. The van der Waals surface area contributed by atoms with Crippen molar-refractivity contribution < 1.29 is 9.90 Å². The van der Waals surface area contributed by atoms with E-state index in [9.17, 15) is 4.79 Å². The number of anilines is 1. The summed E-state index contributed by atoms with van der Waals surface area (Å²) in [6.07, 6.45) is 6.53. The van der Waals surface area contributed by atoms with E-state index in [0.29, 0.717) is 0 Å². The number of aromatic nitrogens is 1. The molecule has 0 saturated carbocycles. The van der Waals surface area contributed by atoms with Gasteiger partial charge < -0.3 is 10.4 Å². The van der Waals surface area contributed by atoms with Crippen molar-refractivity contribution in [2.75, 3.05) is 11.9 Å². The quantitative estimate of drug-likeness (QED) is 0.701. The highest BCUT2D eigenvalue weighted by Gasteiger charge is 2.17. The molecule has 0 spiro atoms. The average molecular weight is 264 g/mol. The van der Waals surface area contributed by atoms with Gasteiger partial charge in [0.05, 0.1) is 11.9 Å². The number of nitrogens with zero attached hydrogens (tertiary/aromatic N) is 1. The van der Waals surface area contributed by atoms with Gasteiger partial charge in [-0.3, -0.25) is 0 Å². The van der Waals surface area contributed by atoms with Gasteiger partial charge in [-0.2, -0.15) is 0 Å². The van der Waals surface area contributed by atoms with E-state index in [1.54, 1.807) is 12.3 Å². The molecule has 0 fully saturated rings. The zero-order chi connectivity index (χ0) is 14.3. The van der Waals surface area contributed by atoms with Crippen molar-refractivity contribution in [3.05, 3.63) is 24.0 Å². The number of hydrogen-bond acceptors (Lipinski definition) is 3. The number of pyridine rings is 1. The summed E-state index contributed by atoms with van der Waals surface area (Å²) in [6.45, 7) is 7.56. The molecule has 0 aliphatic rings. The highest BCUT2D eigenvalue weighted by atomic mass is 16.4. The first-order chi connectivity index (χ1) is 8.94. The van der Waals surface area contributed by atoms with E-state index in [1.165, 1.54) is 31.7 Å². The number of carboxylic acids is 1. The van der Waals surface area contributed by atoms with E-state index in [-0.39, 0.29) is 11.1 Å². The second-order valence-corrected chi connectivity index (χ2v) is 5.71. The van der Waals surface area contributed by atoms with Gasteiger partial charge in [-0.25, -0.2) is 9.78 Å². The number of carboxylic acid groups (broad SMARTS) is 1. The largest absolute Gasteiger partial charge is 0.477 e. The normalized spacial score (nSPS) is 11.3. The molecule has 0 amide bonds. The van der Waals surface area contributed by atoms with Gasteiger partial charge in [0.1, 0.15) is 5.69 Å². The Balaban J connectivity index is 2.44. The van der Waals surface area contributed by atoms with E-state index in [4.69, 9.17) is 5.11 Å². The third-order valence-electron chi connectivity index (χ3n) is 3.21. The summed E-state index contributed by atoms with van der Waals surface area (Å²) in [6, 6.07) is 3.29. The summed E-state index contributed by atoms with van der Waals surface area (Å²) in [7, 11) is 0. The lowest BCUT2D eigenvalue weighted by atomic mass is 9.87. The SMILES string of the molecule is CCCCCC(C)(C)CNc1ccc(C(=O)O)nc1. The highest BCUT2D eigenvalue weighted by molar-refractivity contribution is 5.85. The summed E-state index contributed by atoms with van der Waals surface area (Å²) in [5.41, 5.74) is 1.18. The Kier molecular flexibility index (Phi) is 5.80. The summed E-state index contributed by atoms with van der Waals surface area (Å²) < 4.78 is 0. The number of aromatic carboxylic acids is 1. The minimum absolute atomic E-state index is 0.0766. The van der Waals surface area contributed by atoms with Crippen molar-refractivity contribution in [3.8, 4) is 0 Å². The van der Waals surface area contributed by atoms with Crippen LogP contribution in [-0.4, -0.2) is 22.6 Å². The summed E-state index contributed by atoms with van der Waals surface area (Å²) in [5, 5.41) is 12.1. The predicted molar refractivity (Wildman–Crippen MR) is 77.6 cm³/mol. The zero-order valence-electron chi connectivity index (χ0n) is 12.1. The molecule has 0 saturated heterocycles. The van der Waals surface area contributed by atoms with Crippen LogP contribution in [0.3, 0.4) is 0 Å². The maximum Gasteiger partial charge on any atom is 0.354 e. The molecular formula is C15H24N2O2. The number of hydrogen-bond donors (Lipinski definition) is 2. The first kappa shape index (κ1) is 15.5. The fraction of sp³-hybridized carbons (Fsp3) is 0.600. The standard InChI is InChI=1S/C15H24N2O2/c1-4-5-6-9-15(2,3)11-17-12-7-8-13(14(18)19)16-10-12/h7-8,10,17H,4-6,9,11H2,1-3H3,(H,18,19). The van der Waals surface area contributed by atoms with E-state index >= 15 is 0 Å². The first-order valence-corrected chi connectivity index (χ1v) is 6.88. The Morgan fingerprint density at radius 1 is 1.37 bits per heavy atom. The van der Waals surface area contributed by atoms with Crippen LogP contribution in [0.25, 0.3) is 0 Å². The number of rotatable bonds is 8. The van der Waals surface area contributed by atoms with Gasteiger partial charge in [-0.1, -0.05) is 40.0 Å². The van der Waals surface area contributed by atoms with Gasteiger partial charge in [0.15, 0.2) is 0 Å². The maximum absolute atomic E-state index is 10.7. The molecule has 0 unspecified atom stereocenters. The smallest absolute Gasteiger partial charge is 0.354 e. The van der Waals surface area contributed by atoms with Crippen molar-refractivity contribution in [3.63, 3.8) is 0 Å². The average Bonchev–Trinajstić information content (AvgIpc) is 2.37. The highest BCUT2D eigenvalue weighted by Crippen LogP contribution is 2.24. The molecule has 0 bridgehead atoms. The second kappa shape index (κ2) is 7.12. The first-order valence-electron chi connectivity index (χ1n) is 6.88. The Morgan fingerprint density at radius 2 is 2.11 bits per heavy atom. The lowest BCUT2D eigenvalue weighted by molar-refractivity contribution is 0.0690. The molecule has 1 heterocycles. The third-order valence-corrected chi connectivity index (χ3v) is 3.21. The summed E-state index contributed by atoms with van der Waals surface area (Å²) in [5.74, 6) is -0.994. The molecule has 4 nitrogen and oxygen atoms in total. The second-order valence-electron chi connectivity index (χ2n) is 5.71. The predicted octanol–water partition coefficient (Wildman–Crippen LogP) is 3.80. The van der Waals surface area contributed by atoms with Crippen LogP contribution in [0.1, 0.15) is 56.9 Å². The molecule has 1 rings (SSSR count). The minimum atomic E-state index is -0.994. The van der Waals surface area contributed by atoms with Crippen LogP contribution < -0.4 is 5.32 Å². The van der Waals surface area contributed by atoms with Crippen LogP contribution in [0.5, 0.6) is 0 Å². The molecule has 0 aromatic carbocycles. The monoisotopic (exact) mass is 264 g/mol. The molecule has 19 heavy (non-hydrogen) atoms. The van der Waals surface area contributed by atoms with Crippen molar-refractivity contribution in [1.82, 2.24) is 4.98 Å². The molecule has 0 atom stereocenters. The van der Waals surface area contributed by atoms with E-state index < -0.39 is 5.97 Å². The molecule has 0 radical (unpaired) electrons. The van der Waals surface area contributed by atoms with Crippen molar-refractivity contribution in [1.29, 1.82) is 0 Å². The van der Waals surface area contributed by atoms with Crippen LogP contribution in [0.15, 0.2) is 18.3 Å². The molecule has 1 aromatic rings. The molecule has 1 aromatic heterocycles. The molecule has 0 aliphatic carbocycles. The van der Waals surface area contributed by atoms with Gasteiger partial charge in [0, 0.05) is 6.54 Å². The Bertz CT molecular complexity index is 399. The van der Waals surface area contributed by atoms with Crippen molar-refractivity contribution in [2.24, 2.45) is 5.41 Å². The molecule has 0 aliphatic heterocycles. The van der Waals surface area contributed by atoms with E-state index in [1.807, 2.05) is 0 Å². The third kappa shape index (κ3) is 5.73. The number of carbonyl (C=O) groups is 1. The van der Waals surface area contributed by atoms with E-state index in [2.05, 4.69) is 31.1 Å². The van der Waals surface area contributed by atoms with Crippen LogP contribution in [-0.2, 0) is 0 Å². The fourth-order valence-electron chi connectivity index (χ4n) is 1.91. The van der Waals surface area contributed by atoms with Gasteiger partial charge in [-0.15, -0.1) is 0 Å². The fourth-order valence-corrected chi connectivity index (χ4v) is 1.91. The summed E-state index contributed by atoms with van der Waals surface area (Å²) in [4.78, 5) is 14.6. The number of nitrogens with one attached hydrogen (secondary N) is 1. The van der Waals surface area contributed by atoms with Gasteiger partial charge >= 0.3 is 5.97 Å². The Hall–Kier alpha value is -1.58. The lowest BCUT2D eigenvalue weighted by Crippen LogP contribution is -2.23.